The zero-order valence-electron chi connectivity index (χ0n) is 12.4. The van der Waals surface area contributed by atoms with E-state index in [1.807, 2.05) is 23.1 Å². The van der Waals surface area contributed by atoms with Crippen molar-refractivity contribution in [3.8, 4) is 0 Å². The van der Waals surface area contributed by atoms with Gasteiger partial charge in [0, 0.05) is 19.1 Å². The van der Waals surface area contributed by atoms with E-state index >= 15 is 0 Å². The molecule has 2 aliphatic rings. The fourth-order valence-electron chi connectivity index (χ4n) is 3.48. The van der Waals surface area contributed by atoms with Crippen molar-refractivity contribution in [2.24, 2.45) is 0 Å². The molecule has 4 heteroatoms. The number of likely N-dealkylation sites (tertiary alicyclic amines) is 2. The first-order valence-electron chi connectivity index (χ1n) is 7.99. The van der Waals surface area contributed by atoms with Crippen molar-refractivity contribution in [2.45, 2.75) is 37.0 Å². The molecule has 3 rings (SSSR count). The molecule has 114 valence electrons. The average Bonchev–Trinajstić information content (AvgIpc) is 3.18. The van der Waals surface area contributed by atoms with Gasteiger partial charge in [-0.2, -0.15) is 12.6 Å². The highest BCUT2D eigenvalue weighted by molar-refractivity contribution is 7.81. The molecule has 21 heavy (non-hydrogen) atoms. The van der Waals surface area contributed by atoms with Crippen LogP contribution < -0.4 is 0 Å². The third-order valence-electron chi connectivity index (χ3n) is 4.69. The van der Waals surface area contributed by atoms with Gasteiger partial charge in [-0.25, -0.2) is 0 Å². The summed E-state index contributed by atoms with van der Waals surface area (Å²) < 4.78 is 0. The van der Waals surface area contributed by atoms with Gasteiger partial charge in [-0.05, 0) is 44.3 Å². The van der Waals surface area contributed by atoms with Gasteiger partial charge in [0.15, 0.2) is 0 Å². The van der Waals surface area contributed by atoms with Gasteiger partial charge in [-0.1, -0.05) is 30.3 Å². The summed E-state index contributed by atoms with van der Waals surface area (Å²) in [5, 5.41) is -0.218. The number of amides is 1. The zero-order valence-corrected chi connectivity index (χ0v) is 13.3. The normalized spacial score (nSPS) is 24.4. The largest absolute Gasteiger partial charge is 0.340 e. The predicted octanol–water partition coefficient (Wildman–Crippen LogP) is 2.22. The summed E-state index contributed by atoms with van der Waals surface area (Å²) >= 11 is 4.55. The summed E-state index contributed by atoms with van der Waals surface area (Å²) in [5.74, 6) is 0.198. The summed E-state index contributed by atoms with van der Waals surface area (Å²) in [6, 6.07) is 10.7. The molecule has 3 nitrogen and oxygen atoms in total. The lowest BCUT2D eigenvalue weighted by Gasteiger charge is -2.24. The molecule has 2 heterocycles. The van der Waals surface area contributed by atoms with Crippen molar-refractivity contribution in [2.75, 3.05) is 26.2 Å². The van der Waals surface area contributed by atoms with E-state index in [1.54, 1.807) is 0 Å². The van der Waals surface area contributed by atoms with E-state index in [0.29, 0.717) is 12.5 Å². The summed E-state index contributed by atoms with van der Waals surface area (Å²) in [4.78, 5) is 17.1. The van der Waals surface area contributed by atoms with Crippen molar-refractivity contribution in [3.05, 3.63) is 35.9 Å². The van der Waals surface area contributed by atoms with Gasteiger partial charge in [0.2, 0.25) is 5.91 Å². The molecule has 0 saturated carbocycles. The molecule has 0 aliphatic carbocycles. The number of rotatable bonds is 4. The molecular weight excluding hydrogens is 280 g/mol. The first kappa shape index (κ1) is 14.9. The quantitative estimate of drug-likeness (QED) is 0.862. The minimum absolute atomic E-state index is 0.198. The highest BCUT2D eigenvalue weighted by Crippen LogP contribution is 2.22. The van der Waals surface area contributed by atoms with Crippen LogP contribution in [0.4, 0.5) is 0 Å². The third kappa shape index (κ3) is 3.61. The van der Waals surface area contributed by atoms with Gasteiger partial charge in [-0.15, -0.1) is 0 Å². The van der Waals surface area contributed by atoms with E-state index in [-0.39, 0.29) is 11.2 Å². The lowest BCUT2D eigenvalue weighted by molar-refractivity contribution is -0.129. The predicted molar refractivity (Wildman–Crippen MR) is 88.7 cm³/mol. The molecule has 0 aromatic heterocycles. The van der Waals surface area contributed by atoms with Crippen LogP contribution in [0.15, 0.2) is 30.3 Å². The summed E-state index contributed by atoms with van der Waals surface area (Å²) in [6.45, 7) is 4.21. The maximum Gasteiger partial charge on any atom is 0.235 e. The molecule has 2 atom stereocenters. The topological polar surface area (TPSA) is 23.6 Å². The minimum atomic E-state index is -0.218. The molecule has 0 spiro atoms. The van der Waals surface area contributed by atoms with Crippen LogP contribution in [0.2, 0.25) is 0 Å². The standard InChI is InChI=1S/C17H24N2OS/c20-17(16(21)12-14-6-2-1-3-7-14)19-11-8-15(13-19)18-9-4-5-10-18/h1-3,6-7,15-16,21H,4-5,8-13H2. The van der Waals surface area contributed by atoms with Crippen LogP contribution in [0, 0.1) is 0 Å². The number of carbonyl (C=O) groups is 1. The third-order valence-corrected chi connectivity index (χ3v) is 5.09. The van der Waals surface area contributed by atoms with E-state index in [1.165, 1.54) is 31.5 Å². The van der Waals surface area contributed by atoms with E-state index in [2.05, 4.69) is 29.7 Å². The highest BCUT2D eigenvalue weighted by Gasteiger charge is 2.33. The van der Waals surface area contributed by atoms with E-state index in [4.69, 9.17) is 0 Å². The SMILES string of the molecule is O=C(C(S)Cc1ccccc1)N1CCC(N2CCCC2)C1. The second-order valence-electron chi connectivity index (χ2n) is 6.18. The number of hydrogen-bond acceptors (Lipinski definition) is 3. The Bertz CT molecular complexity index is 473. The summed E-state index contributed by atoms with van der Waals surface area (Å²) in [6.07, 6.45) is 4.46. The molecule has 1 amide bonds. The van der Waals surface area contributed by atoms with Crippen molar-refractivity contribution in [3.63, 3.8) is 0 Å². The van der Waals surface area contributed by atoms with Crippen molar-refractivity contribution < 1.29 is 4.79 Å². The summed E-state index contributed by atoms with van der Waals surface area (Å²) in [7, 11) is 0. The number of nitrogens with zero attached hydrogens (tertiary/aromatic N) is 2. The van der Waals surface area contributed by atoms with Crippen molar-refractivity contribution in [1.29, 1.82) is 0 Å². The Morgan fingerprint density at radius 3 is 2.62 bits per heavy atom. The van der Waals surface area contributed by atoms with E-state index in [0.717, 1.165) is 19.5 Å². The van der Waals surface area contributed by atoms with Crippen LogP contribution in [0.25, 0.3) is 0 Å². The highest BCUT2D eigenvalue weighted by atomic mass is 32.1. The minimum Gasteiger partial charge on any atom is -0.340 e. The lowest BCUT2D eigenvalue weighted by Crippen LogP contribution is -2.40. The lowest BCUT2D eigenvalue weighted by atomic mass is 10.1. The maximum absolute atomic E-state index is 12.5. The first-order valence-corrected chi connectivity index (χ1v) is 8.50. The smallest absolute Gasteiger partial charge is 0.235 e. The molecule has 0 bridgehead atoms. The van der Waals surface area contributed by atoms with Crippen LogP contribution in [-0.2, 0) is 11.2 Å². The molecule has 1 aromatic carbocycles. The molecule has 2 fully saturated rings. The van der Waals surface area contributed by atoms with Gasteiger partial charge in [-0.3, -0.25) is 9.69 Å². The van der Waals surface area contributed by atoms with Crippen LogP contribution >= 0.6 is 12.6 Å². The zero-order chi connectivity index (χ0) is 14.7. The van der Waals surface area contributed by atoms with Gasteiger partial charge in [0.25, 0.3) is 0 Å². The Kier molecular flexibility index (Phi) is 4.86. The Hall–Kier alpha value is -1.00. The van der Waals surface area contributed by atoms with E-state index in [9.17, 15) is 4.79 Å². The number of carbonyl (C=O) groups excluding carboxylic acids is 1. The molecule has 0 N–H and O–H groups in total. The average molecular weight is 304 g/mol. The molecule has 2 saturated heterocycles. The van der Waals surface area contributed by atoms with Gasteiger partial charge in [0.1, 0.15) is 0 Å². The summed E-state index contributed by atoms with van der Waals surface area (Å²) in [5.41, 5.74) is 1.18. The second-order valence-corrected chi connectivity index (χ2v) is 6.80. The Balaban J connectivity index is 1.53. The molecule has 0 radical (unpaired) electrons. The van der Waals surface area contributed by atoms with Crippen molar-refractivity contribution >= 4 is 18.5 Å². The second kappa shape index (κ2) is 6.84. The number of thiol groups is 1. The maximum atomic E-state index is 12.5. The fourth-order valence-corrected chi connectivity index (χ4v) is 3.86. The van der Waals surface area contributed by atoms with Crippen LogP contribution in [0.1, 0.15) is 24.8 Å². The van der Waals surface area contributed by atoms with Crippen LogP contribution in [0.5, 0.6) is 0 Å². The van der Waals surface area contributed by atoms with Crippen molar-refractivity contribution in [1.82, 2.24) is 9.80 Å². The Morgan fingerprint density at radius 1 is 1.19 bits per heavy atom. The first-order chi connectivity index (χ1) is 10.2. The van der Waals surface area contributed by atoms with E-state index < -0.39 is 0 Å². The van der Waals surface area contributed by atoms with Crippen LogP contribution in [0.3, 0.4) is 0 Å². The van der Waals surface area contributed by atoms with Crippen LogP contribution in [-0.4, -0.2) is 53.2 Å². The molecule has 2 unspecified atom stereocenters. The van der Waals surface area contributed by atoms with Gasteiger partial charge < -0.3 is 4.90 Å². The van der Waals surface area contributed by atoms with Gasteiger partial charge >= 0.3 is 0 Å². The molecule has 2 aliphatic heterocycles. The van der Waals surface area contributed by atoms with Gasteiger partial charge in [0.05, 0.1) is 5.25 Å². The number of hydrogen-bond donors (Lipinski definition) is 1. The Labute approximate surface area is 132 Å². The molecule has 1 aromatic rings. The monoisotopic (exact) mass is 304 g/mol. The number of benzene rings is 1. The Morgan fingerprint density at radius 2 is 1.90 bits per heavy atom. The molecular formula is C17H24N2OS. The fraction of sp³-hybridized carbons (Fsp3) is 0.588.